The summed E-state index contributed by atoms with van der Waals surface area (Å²) in [5.41, 5.74) is 1.67. The molecule has 1 fully saturated rings. The Labute approximate surface area is 81.9 Å². The Morgan fingerprint density at radius 2 is 2.21 bits per heavy atom. The van der Waals surface area contributed by atoms with Gasteiger partial charge in [0, 0.05) is 11.0 Å². The molecule has 0 saturated heterocycles. The van der Waals surface area contributed by atoms with Gasteiger partial charge in [-0.15, -0.1) is 0 Å². The summed E-state index contributed by atoms with van der Waals surface area (Å²) in [6.07, 6.45) is 2.06. The minimum absolute atomic E-state index is 0.181. The van der Waals surface area contributed by atoms with E-state index in [1.807, 2.05) is 13.8 Å². The van der Waals surface area contributed by atoms with Crippen LogP contribution in [0.25, 0.3) is 0 Å². The Kier molecular flexibility index (Phi) is 1.87. The van der Waals surface area contributed by atoms with Gasteiger partial charge in [-0.05, 0) is 26.7 Å². The first-order valence-electron chi connectivity index (χ1n) is 4.70. The second-order valence-electron chi connectivity index (χ2n) is 4.05. The second kappa shape index (κ2) is 2.83. The first kappa shape index (κ1) is 9.24. The number of hydrogen-bond acceptors (Lipinski definition) is 3. The molecule has 4 heteroatoms. The van der Waals surface area contributed by atoms with Crippen molar-refractivity contribution in [3.8, 4) is 0 Å². The molecule has 0 atom stereocenters. The Bertz CT molecular complexity index is 357. The number of carboxylic acid groups (broad SMARTS) is 1. The molecule has 1 aromatic rings. The summed E-state index contributed by atoms with van der Waals surface area (Å²) >= 11 is 0. The first-order valence-corrected chi connectivity index (χ1v) is 4.70. The van der Waals surface area contributed by atoms with Crippen LogP contribution in [0.15, 0.2) is 4.52 Å². The van der Waals surface area contributed by atoms with E-state index in [9.17, 15) is 4.79 Å². The average molecular weight is 195 g/mol. The largest absolute Gasteiger partial charge is 0.481 e. The fourth-order valence-electron chi connectivity index (χ4n) is 2.20. The van der Waals surface area contributed by atoms with Crippen LogP contribution in [0.5, 0.6) is 0 Å². The number of aromatic nitrogens is 1. The van der Waals surface area contributed by atoms with Crippen molar-refractivity contribution in [1.82, 2.24) is 5.16 Å². The third kappa shape index (κ3) is 1.31. The van der Waals surface area contributed by atoms with Crippen LogP contribution in [0.3, 0.4) is 0 Å². The van der Waals surface area contributed by atoms with Gasteiger partial charge in [0.1, 0.15) is 5.76 Å². The molecule has 1 aliphatic rings. The van der Waals surface area contributed by atoms with Crippen LogP contribution in [-0.4, -0.2) is 16.2 Å². The van der Waals surface area contributed by atoms with Crippen molar-refractivity contribution in [2.24, 2.45) is 0 Å². The molecule has 2 rings (SSSR count). The minimum atomic E-state index is -0.748. The summed E-state index contributed by atoms with van der Waals surface area (Å²) in [5.74, 6) is 0.0174. The number of nitrogens with zero attached hydrogens (tertiary/aromatic N) is 1. The minimum Gasteiger partial charge on any atom is -0.481 e. The van der Waals surface area contributed by atoms with E-state index >= 15 is 0 Å². The van der Waals surface area contributed by atoms with Crippen molar-refractivity contribution >= 4 is 5.97 Å². The van der Waals surface area contributed by atoms with Gasteiger partial charge >= 0.3 is 5.97 Å². The summed E-state index contributed by atoms with van der Waals surface area (Å²) in [4.78, 5) is 10.7. The molecule has 0 bridgehead atoms. The third-order valence-electron chi connectivity index (χ3n) is 2.91. The molecule has 1 aliphatic carbocycles. The van der Waals surface area contributed by atoms with E-state index < -0.39 is 5.97 Å². The van der Waals surface area contributed by atoms with Gasteiger partial charge in [0.05, 0.1) is 12.1 Å². The fourth-order valence-corrected chi connectivity index (χ4v) is 2.20. The lowest BCUT2D eigenvalue weighted by atomic mass is 9.91. The average Bonchev–Trinajstić information content (AvgIpc) is 2.73. The zero-order valence-electron chi connectivity index (χ0n) is 8.33. The van der Waals surface area contributed by atoms with Gasteiger partial charge in [0.25, 0.3) is 0 Å². The maximum atomic E-state index is 10.7. The van der Waals surface area contributed by atoms with Crippen molar-refractivity contribution in [2.75, 3.05) is 0 Å². The zero-order chi connectivity index (χ0) is 10.3. The fraction of sp³-hybridized carbons (Fsp3) is 0.600. The lowest BCUT2D eigenvalue weighted by Gasteiger charge is -2.11. The second-order valence-corrected chi connectivity index (χ2v) is 4.05. The van der Waals surface area contributed by atoms with Crippen molar-refractivity contribution in [3.05, 3.63) is 17.0 Å². The van der Waals surface area contributed by atoms with Gasteiger partial charge in [0.15, 0.2) is 0 Å². The van der Waals surface area contributed by atoms with Crippen LogP contribution in [0.1, 0.15) is 36.3 Å². The molecule has 0 aliphatic heterocycles. The summed E-state index contributed by atoms with van der Waals surface area (Å²) in [6.45, 7) is 3.71. The summed E-state index contributed by atoms with van der Waals surface area (Å²) in [6, 6.07) is 0. The molecule has 1 heterocycles. The lowest BCUT2D eigenvalue weighted by Crippen LogP contribution is -2.14. The molecule has 14 heavy (non-hydrogen) atoms. The van der Waals surface area contributed by atoms with Crippen molar-refractivity contribution in [1.29, 1.82) is 0 Å². The van der Waals surface area contributed by atoms with Gasteiger partial charge in [0.2, 0.25) is 0 Å². The third-order valence-corrected chi connectivity index (χ3v) is 2.91. The molecule has 1 saturated carbocycles. The van der Waals surface area contributed by atoms with Gasteiger partial charge in [-0.25, -0.2) is 0 Å². The Morgan fingerprint density at radius 3 is 2.57 bits per heavy atom. The van der Waals surface area contributed by atoms with Gasteiger partial charge in [-0.2, -0.15) is 0 Å². The summed E-state index contributed by atoms with van der Waals surface area (Å²) in [7, 11) is 0. The van der Waals surface area contributed by atoms with E-state index in [0.29, 0.717) is 0 Å². The van der Waals surface area contributed by atoms with Crippen molar-refractivity contribution in [3.63, 3.8) is 0 Å². The van der Waals surface area contributed by atoms with E-state index in [2.05, 4.69) is 5.16 Å². The van der Waals surface area contributed by atoms with Crippen LogP contribution in [-0.2, 0) is 10.2 Å². The molecule has 76 valence electrons. The van der Waals surface area contributed by atoms with Gasteiger partial charge in [-0.1, -0.05) is 5.16 Å². The molecular formula is C10H13NO3. The maximum absolute atomic E-state index is 10.7. The molecule has 0 spiro atoms. The number of aryl methyl sites for hydroxylation is 2. The van der Waals surface area contributed by atoms with Gasteiger partial charge in [-0.3, -0.25) is 4.79 Å². The van der Waals surface area contributed by atoms with Crippen LogP contribution < -0.4 is 0 Å². The first-order chi connectivity index (χ1) is 6.55. The number of carboxylic acids is 1. The van der Waals surface area contributed by atoms with Crippen LogP contribution in [0.2, 0.25) is 0 Å². The van der Waals surface area contributed by atoms with Crippen molar-refractivity contribution < 1.29 is 14.4 Å². The van der Waals surface area contributed by atoms with Crippen LogP contribution in [0, 0.1) is 13.8 Å². The highest BCUT2D eigenvalue weighted by Crippen LogP contribution is 2.53. The Morgan fingerprint density at radius 1 is 1.57 bits per heavy atom. The Hall–Kier alpha value is -1.32. The quantitative estimate of drug-likeness (QED) is 0.798. The van der Waals surface area contributed by atoms with E-state index in [1.54, 1.807) is 0 Å². The molecule has 1 aromatic heterocycles. The summed E-state index contributed by atoms with van der Waals surface area (Å²) < 4.78 is 5.06. The highest BCUT2D eigenvalue weighted by molar-refractivity contribution is 5.70. The smallest absolute Gasteiger partial charge is 0.304 e. The zero-order valence-corrected chi connectivity index (χ0v) is 8.33. The number of rotatable bonds is 3. The highest BCUT2D eigenvalue weighted by Gasteiger charge is 2.49. The monoisotopic (exact) mass is 195 g/mol. The van der Waals surface area contributed by atoms with Gasteiger partial charge < -0.3 is 9.63 Å². The maximum Gasteiger partial charge on any atom is 0.304 e. The van der Waals surface area contributed by atoms with Crippen molar-refractivity contribution in [2.45, 2.75) is 38.5 Å². The predicted molar refractivity (Wildman–Crippen MR) is 49.1 cm³/mol. The van der Waals surface area contributed by atoms with E-state index in [0.717, 1.165) is 29.9 Å². The lowest BCUT2D eigenvalue weighted by molar-refractivity contribution is -0.137. The van der Waals surface area contributed by atoms with E-state index in [1.165, 1.54) is 0 Å². The predicted octanol–water partition coefficient (Wildman–Crippen LogP) is 1.80. The molecule has 0 radical (unpaired) electrons. The number of carbonyl (C=O) groups is 1. The van der Waals surface area contributed by atoms with Crippen LogP contribution in [0.4, 0.5) is 0 Å². The molecule has 0 aromatic carbocycles. The standard InChI is InChI=1S/C10H13NO3/c1-6-9(7(2)14-11-6)10(3-4-10)5-8(12)13/h3-5H2,1-2H3,(H,12,13). The topological polar surface area (TPSA) is 63.3 Å². The SMILES string of the molecule is Cc1noc(C)c1C1(CC(=O)O)CC1. The number of hydrogen-bond donors (Lipinski definition) is 1. The van der Waals surface area contributed by atoms with E-state index in [-0.39, 0.29) is 11.8 Å². The van der Waals surface area contributed by atoms with E-state index in [4.69, 9.17) is 9.63 Å². The molecule has 4 nitrogen and oxygen atoms in total. The van der Waals surface area contributed by atoms with Crippen LogP contribution >= 0.6 is 0 Å². The molecule has 0 amide bonds. The Balaban J connectivity index is 2.34. The summed E-state index contributed by atoms with van der Waals surface area (Å²) in [5, 5.41) is 12.7. The molecule has 1 N–H and O–H groups in total. The normalized spacial score (nSPS) is 18.1. The molecule has 0 unspecified atom stereocenters. The highest BCUT2D eigenvalue weighted by atomic mass is 16.5. The molecular weight excluding hydrogens is 182 g/mol. The number of aliphatic carboxylic acids is 1.